The van der Waals surface area contributed by atoms with Gasteiger partial charge in [0.2, 0.25) is 0 Å². The zero-order chi connectivity index (χ0) is 14.0. The molecule has 3 nitrogen and oxygen atoms in total. The van der Waals surface area contributed by atoms with Crippen LogP contribution in [0.3, 0.4) is 0 Å². The summed E-state index contributed by atoms with van der Waals surface area (Å²) in [5, 5.41) is 2.29. The molecule has 2 heterocycles. The van der Waals surface area contributed by atoms with Gasteiger partial charge in [-0.2, -0.15) is 0 Å². The first-order valence-corrected chi connectivity index (χ1v) is 8.43. The third-order valence-electron chi connectivity index (χ3n) is 3.84. The van der Waals surface area contributed by atoms with Crippen molar-refractivity contribution in [3.63, 3.8) is 0 Å². The molecule has 19 heavy (non-hydrogen) atoms. The highest BCUT2D eigenvalue weighted by Crippen LogP contribution is 2.35. The first-order valence-electron chi connectivity index (χ1n) is 6.63. The molecule has 0 fully saturated rings. The molecule has 0 amide bonds. The van der Waals surface area contributed by atoms with E-state index in [1.54, 1.807) is 29.4 Å². The van der Waals surface area contributed by atoms with Crippen LogP contribution in [0.15, 0.2) is 11.4 Å². The van der Waals surface area contributed by atoms with Gasteiger partial charge in [0.1, 0.15) is 16.2 Å². The van der Waals surface area contributed by atoms with Gasteiger partial charge in [0, 0.05) is 21.6 Å². The number of aromatic nitrogens is 2. The predicted octanol–water partition coefficient (Wildman–Crippen LogP) is 3.92. The second kappa shape index (κ2) is 5.77. The molecule has 2 aromatic rings. The van der Waals surface area contributed by atoms with Crippen LogP contribution in [-0.4, -0.2) is 21.3 Å². The van der Waals surface area contributed by atoms with Crippen molar-refractivity contribution >= 4 is 33.3 Å². The van der Waals surface area contributed by atoms with Crippen LogP contribution >= 0.6 is 23.1 Å². The van der Waals surface area contributed by atoms with Gasteiger partial charge in [-0.1, -0.05) is 13.8 Å². The van der Waals surface area contributed by atoms with Crippen molar-refractivity contribution in [3.8, 4) is 0 Å². The van der Waals surface area contributed by atoms with Crippen molar-refractivity contribution in [2.45, 2.75) is 51.1 Å². The van der Waals surface area contributed by atoms with Crippen LogP contribution in [0.5, 0.6) is 0 Å². The van der Waals surface area contributed by atoms with E-state index in [9.17, 15) is 0 Å². The van der Waals surface area contributed by atoms with Gasteiger partial charge in [0.15, 0.2) is 0 Å². The summed E-state index contributed by atoms with van der Waals surface area (Å²) >= 11 is 3.51. The summed E-state index contributed by atoms with van der Waals surface area (Å²) in [5.41, 5.74) is 7.58. The fourth-order valence-corrected chi connectivity index (χ4v) is 4.34. The van der Waals surface area contributed by atoms with E-state index in [1.807, 2.05) is 0 Å². The van der Waals surface area contributed by atoms with E-state index in [0.717, 1.165) is 28.5 Å². The highest BCUT2D eigenvalue weighted by molar-refractivity contribution is 7.99. The largest absolute Gasteiger partial charge is 0.324 e. The molecule has 104 valence electrons. The summed E-state index contributed by atoms with van der Waals surface area (Å²) in [5.74, 6) is 0.903. The van der Waals surface area contributed by atoms with Crippen LogP contribution in [0, 0.1) is 13.8 Å². The maximum absolute atomic E-state index is 6.37. The molecule has 0 unspecified atom stereocenters. The number of thioether (sulfide) groups is 1. The van der Waals surface area contributed by atoms with Gasteiger partial charge in [-0.15, -0.1) is 23.1 Å². The molecular weight excluding hydrogens is 274 g/mol. The molecule has 0 aliphatic rings. The molecule has 2 rings (SSSR count). The third kappa shape index (κ3) is 2.93. The number of nitrogens with zero attached hydrogens (tertiary/aromatic N) is 2. The molecule has 0 saturated heterocycles. The molecule has 5 heteroatoms. The number of rotatable bonds is 5. The summed E-state index contributed by atoms with van der Waals surface area (Å²) in [6.07, 6.45) is 3.65. The van der Waals surface area contributed by atoms with Crippen LogP contribution in [0.4, 0.5) is 0 Å². The smallest absolute Gasteiger partial charge is 0.128 e. The standard InChI is InChI=1S/C14H21N3S2/c1-5-14(15,6-2)7-18-12-11-9(3)10(4)19-13(11)17-8-16-12/h8H,5-7,15H2,1-4H3. The molecule has 0 aliphatic heterocycles. The Balaban J connectivity index is 2.31. The molecule has 0 aliphatic carbocycles. The first-order chi connectivity index (χ1) is 9.00. The van der Waals surface area contributed by atoms with E-state index in [4.69, 9.17) is 5.73 Å². The molecule has 2 N–H and O–H groups in total. The first kappa shape index (κ1) is 14.8. The van der Waals surface area contributed by atoms with E-state index in [2.05, 4.69) is 37.7 Å². The van der Waals surface area contributed by atoms with Crippen LogP contribution in [0.25, 0.3) is 10.2 Å². The maximum Gasteiger partial charge on any atom is 0.128 e. The average molecular weight is 295 g/mol. The lowest BCUT2D eigenvalue weighted by molar-refractivity contribution is 0.446. The molecular formula is C14H21N3S2. The molecule has 0 bridgehead atoms. The number of thiophene rings is 1. The molecule has 0 radical (unpaired) electrons. The van der Waals surface area contributed by atoms with Gasteiger partial charge in [-0.3, -0.25) is 0 Å². The van der Waals surface area contributed by atoms with Crippen LogP contribution < -0.4 is 5.73 Å². The van der Waals surface area contributed by atoms with E-state index in [1.165, 1.54) is 15.8 Å². The lowest BCUT2D eigenvalue weighted by Gasteiger charge is -2.25. The van der Waals surface area contributed by atoms with Crippen molar-refractivity contribution in [2.24, 2.45) is 5.73 Å². The Bertz CT molecular complexity index is 573. The van der Waals surface area contributed by atoms with E-state index in [0.29, 0.717) is 0 Å². The number of nitrogens with two attached hydrogens (primary N) is 1. The number of aryl methyl sites for hydroxylation is 2. The number of hydrogen-bond acceptors (Lipinski definition) is 5. The average Bonchev–Trinajstić information content (AvgIpc) is 2.72. The topological polar surface area (TPSA) is 51.8 Å². The summed E-state index contributed by atoms with van der Waals surface area (Å²) in [6, 6.07) is 0. The summed E-state index contributed by atoms with van der Waals surface area (Å²) in [7, 11) is 0. The Labute approximate surface area is 123 Å². The summed E-state index contributed by atoms with van der Waals surface area (Å²) in [6.45, 7) is 8.59. The van der Waals surface area contributed by atoms with E-state index in [-0.39, 0.29) is 5.54 Å². The van der Waals surface area contributed by atoms with Crippen molar-refractivity contribution < 1.29 is 0 Å². The quantitative estimate of drug-likeness (QED) is 0.671. The zero-order valence-electron chi connectivity index (χ0n) is 12.0. The maximum atomic E-state index is 6.37. The van der Waals surface area contributed by atoms with Gasteiger partial charge in [-0.25, -0.2) is 9.97 Å². The molecule has 0 spiro atoms. The van der Waals surface area contributed by atoms with E-state index < -0.39 is 0 Å². The van der Waals surface area contributed by atoms with Gasteiger partial charge in [-0.05, 0) is 32.3 Å². The highest BCUT2D eigenvalue weighted by atomic mass is 32.2. The lowest BCUT2D eigenvalue weighted by atomic mass is 9.97. The highest BCUT2D eigenvalue weighted by Gasteiger charge is 2.22. The predicted molar refractivity (Wildman–Crippen MR) is 85.1 cm³/mol. The summed E-state index contributed by atoms with van der Waals surface area (Å²) < 4.78 is 0. The fraction of sp³-hybridized carbons (Fsp3) is 0.571. The molecule has 0 saturated carbocycles. The molecule has 0 aromatic carbocycles. The second-order valence-corrected chi connectivity index (χ2v) is 7.17. The van der Waals surface area contributed by atoms with Crippen molar-refractivity contribution in [2.75, 3.05) is 5.75 Å². The van der Waals surface area contributed by atoms with Gasteiger partial charge in [0.25, 0.3) is 0 Å². The van der Waals surface area contributed by atoms with Crippen molar-refractivity contribution in [1.29, 1.82) is 0 Å². The SMILES string of the molecule is CCC(N)(CC)CSc1ncnc2sc(C)c(C)c12. The third-order valence-corrected chi connectivity index (χ3v) is 6.25. The Hall–Kier alpha value is -0.650. The van der Waals surface area contributed by atoms with Crippen molar-refractivity contribution in [3.05, 3.63) is 16.8 Å². The Kier molecular flexibility index (Phi) is 4.48. The van der Waals surface area contributed by atoms with Crippen LogP contribution in [0.2, 0.25) is 0 Å². The normalized spacial score (nSPS) is 12.3. The van der Waals surface area contributed by atoms with Gasteiger partial charge < -0.3 is 5.73 Å². The van der Waals surface area contributed by atoms with Crippen LogP contribution in [-0.2, 0) is 0 Å². The minimum Gasteiger partial charge on any atom is -0.324 e. The van der Waals surface area contributed by atoms with Crippen LogP contribution in [0.1, 0.15) is 37.1 Å². The van der Waals surface area contributed by atoms with Gasteiger partial charge >= 0.3 is 0 Å². The Morgan fingerprint density at radius 1 is 1.26 bits per heavy atom. The summed E-state index contributed by atoms with van der Waals surface area (Å²) in [4.78, 5) is 11.2. The number of hydrogen-bond donors (Lipinski definition) is 1. The molecule has 0 atom stereocenters. The fourth-order valence-electron chi connectivity index (χ4n) is 1.93. The van der Waals surface area contributed by atoms with E-state index >= 15 is 0 Å². The minimum atomic E-state index is -0.0963. The van der Waals surface area contributed by atoms with Crippen molar-refractivity contribution in [1.82, 2.24) is 9.97 Å². The lowest BCUT2D eigenvalue weighted by Crippen LogP contribution is -2.40. The second-order valence-electron chi connectivity index (χ2n) is 5.00. The monoisotopic (exact) mass is 295 g/mol. The Morgan fingerprint density at radius 3 is 2.58 bits per heavy atom. The van der Waals surface area contributed by atoms with Gasteiger partial charge in [0.05, 0.1) is 0 Å². The number of fused-ring (bicyclic) bond motifs is 1. The minimum absolute atomic E-state index is 0.0963. The Morgan fingerprint density at radius 2 is 1.95 bits per heavy atom. The zero-order valence-corrected chi connectivity index (χ0v) is 13.6. The molecule has 2 aromatic heterocycles.